The summed E-state index contributed by atoms with van der Waals surface area (Å²) in [6, 6.07) is 15.7. The van der Waals surface area contributed by atoms with E-state index in [1.54, 1.807) is 0 Å². The fraction of sp³-hybridized carbons (Fsp3) is 0.211. The van der Waals surface area contributed by atoms with Crippen molar-refractivity contribution in [1.29, 1.82) is 0 Å². The van der Waals surface area contributed by atoms with Crippen LogP contribution in [-0.4, -0.2) is 21.9 Å². The van der Waals surface area contributed by atoms with E-state index in [2.05, 4.69) is 22.4 Å². The number of thioether (sulfide) groups is 1. The van der Waals surface area contributed by atoms with Crippen LogP contribution in [0.4, 0.5) is 5.69 Å². The molecule has 0 saturated heterocycles. The minimum Gasteiger partial charge on any atom is -0.411 e. The van der Waals surface area contributed by atoms with Crippen LogP contribution in [0.25, 0.3) is 11.5 Å². The SMILES string of the molecule is CCc1ccc(-c2nnc(SCC(=O)Nc3cccc(C)c3)o2)cc1. The van der Waals surface area contributed by atoms with Crippen LogP contribution in [0.1, 0.15) is 18.1 Å². The standard InChI is InChI=1S/C19H19N3O2S/c1-3-14-7-9-15(10-8-14)18-21-22-19(24-18)25-12-17(23)20-16-6-4-5-13(2)11-16/h4-11H,3,12H2,1-2H3,(H,20,23). The topological polar surface area (TPSA) is 68.0 Å². The molecule has 0 saturated carbocycles. The van der Waals surface area contributed by atoms with Crippen molar-refractivity contribution in [2.75, 3.05) is 11.1 Å². The third-order valence-electron chi connectivity index (χ3n) is 3.64. The highest BCUT2D eigenvalue weighted by Crippen LogP contribution is 2.23. The van der Waals surface area contributed by atoms with Gasteiger partial charge in [-0.15, -0.1) is 10.2 Å². The van der Waals surface area contributed by atoms with Crippen LogP contribution in [0.5, 0.6) is 0 Å². The van der Waals surface area contributed by atoms with Crippen molar-refractivity contribution in [2.45, 2.75) is 25.5 Å². The highest BCUT2D eigenvalue weighted by Gasteiger charge is 2.11. The molecule has 0 atom stereocenters. The van der Waals surface area contributed by atoms with Crippen LogP contribution in [0.15, 0.2) is 58.2 Å². The molecule has 1 amide bonds. The van der Waals surface area contributed by atoms with E-state index in [4.69, 9.17) is 4.42 Å². The average molecular weight is 353 g/mol. The molecule has 25 heavy (non-hydrogen) atoms. The summed E-state index contributed by atoms with van der Waals surface area (Å²) in [5.41, 5.74) is 4.01. The normalized spacial score (nSPS) is 10.6. The Labute approximate surface area is 150 Å². The zero-order valence-electron chi connectivity index (χ0n) is 14.2. The lowest BCUT2D eigenvalue weighted by atomic mass is 10.1. The van der Waals surface area contributed by atoms with Crippen LogP contribution < -0.4 is 5.32 Å². The van der Waals surface area contributed by atoms with Crippen molar-refractivity contribution in [3.05, 3.63) is 59.7 Å². The molecule has 3 aromatic rings. The van der Waals surface area contributed by atoms with E-state index in [0.717, 1.165) is 23.2 Å². The number of aromatic nitrogens is 2. The van der Waals surface area contributed by atoms with Gasteiger partial charge >= 0.3 is 0 Å². The number of anilines is 1. The van der Waals surface area contributed by atoms with Gasteiger partial charge in [0.2, 0.25) is 11.8 Å². The molecule has 0 spiro atoms. The molecular weight excluding hydrogens is 334 g/mol. The van der Waals surface area contributed by atoms with Crippen molar-refractivity contribution in [2.24, 2.45) is 0 Å². The minimum atomic E-state index is -0.109. The number of amides is 1. The first-order valence-electron chi connectivity index (χ1n) is 8.06. The Morgan fingerprint density at radius 3 is 2.68 bits per heavy atom. The van der Waals surface area contributed by atoms with E-state index < -0.39 is 0 Å². The molecule has 0 radical (unpaired) electrons. The van der Waals surface area contributed by atoms with Crippen molar-refractivity contribution in [3.8, 4) is 11.5 Å². The van der Waals surface area contributed by atoms with Gasteiger partial charge in [0.25, 0.3) is 5.22 Å². The summed E-state index contributed by atoms with van der Waals surface area (Å²) in [6.07, 6.45) is 0.987. The van der Waals surface area contributed by atoms with E-state index >= 15 is 0 Å². The van der Waals surface area contributed by atoms with Gasteiger partial charge in [-0.3, -0.25) is 4.79 Å². The number of hydrogen-bond acceptors (Lipinski definition) is 5. The Morgan fingerprint density at radius 2 is 1.96 bits per heavy atom. The van der Waals surface area contributed by atoms with Gasteiger partial charge in [-0.05, 0) is 48.7 Å². The summed E-state index contributed by atoms with van der Waals surface area (Å²) < 4.78 is 5.62. The fourth-order valence-corrected chi connectivity index (χ4v) is 2.88. The molecule has 0 fully saturated rings. The van der Waals surface area contributed by atoms with E-state index in [-0.39, 0.29) is 11.7 Å². The van der Waals surface area contributed by atoms with Gasteiger partial charge in [-0.2, -0.15) is 0 Å². The zero-order valence-corrected chi connectivity index (χ0v) is 15.0. The highest BCUT2D eigenvalue weighted by atomic mass is 32.2. The second kappa shape index (κ2) is 7.98. The Hall–Kier alpha value is -2.60. The molecule has 1 aromatic heterocycles. The van der Waals surface area contributed by atoms with Gasteiger partial charge in [0.1, 0.15) is 0 Å². The second-order valence-electron chi connectivity index (χ2n) is 5.63. The molecule has 0 bridgehead atoms. The van der Waals surface area contributed by atoms with Gasteiger partial charge in [-0.1, -0.05) is 43.0 Å². The number of aryl methyl sites for hydroxylation is 2. The summed E-state index contributed by atoms with van der Waals surface area (Å²) in [5.74, 6) is 0.566. The van der Waals surface area contributed by atoms with Crippen molar-refractivity contribution < 1.29 is 9.21 Å². The molecule has 6 heteroatoms. The third kappa shape index (κ3) is 4.70. The molecule has 1 heterocycles. The first kappa shape index (κ1) is 17.2. The van der Waals surface area contributed by atoms with Crippen LogP contribution in [-0.2, 0) is 11.2 Å². The molecule has 128 valence electrons. The smallest absolute Gasteiger partial charge is 0.277 e. The molecule has 0 aliphatic rings. The Balaban J connectivity index is 1.56. The lowest BCUT2D eigenvalue weighted by Gasteiger charge is -2.04. The third-order valence-corrected chi connectivity index (χ3v) is 4.46. The number of nitrogens with one attached hydrogen (secondary N) is 1. The number of carbonyl (C=O) groups is 1. The average Bonchev–Trinajstić information content (AvgIpc) is 3.09. The quantitative estimate of drug-likeness (QED) is 0.668. The van der Waals surface area contributed by atoms with Crippen LogP contribution in [0, 0.1) is 6.92 Å². The van der Waals surface area contributed by atoms with Crippen molar-refractivity contribution in [3.63, 3.8) is 0 Å². The van der Waals surface area contributed by atoms with Gasteiger partial charge in [0, 0.05) is 11.3 Å². The summed E-state index contributed by atoms with van der Waals surface area (Å²) in [5, 5.41) is 11.3. The highest BCUT2D eigenvalue weighted by molar-refractivity contribution is 7.99. The monoisotopic (exact) mass is 353 g/mol. The number of hydrogen-bond donors (Lipinski definition) is 1. The van der Waals surface area contributed by atoms with Crippen LogP contribution in [0.3, 0.4) is 0 Å². The molecule has 5 nitrogen and oxygen atoms in total. The molecule has 2 aromatic carbocycles. The van der Waals surface area contributed by atoms with Gasteiger partial charge < -0.3 is 9.73 Å². The lowest BCUT2D eigenvalue weighted by molar-refractivity contribution is -0.113. The largest absolute Gasteiger partial charge is 0.411 e. The minimum absolute atomic E-state index is 0.109. The zero-order chi connectivity index (χ0) is 17.6. The van der Waals surface area contributed by atoms with E-state index in [1.165, 1.54) is 17.3 Å². The van der Waals surface area contributed by atoms with Gasteiger partial charge in [0.15, 0.2) is 0 Å². The first-order valence-corrected chi connectivity index (χ1v) is 9.04. The van der Waals surface area contributed by atoms with Crippen molar-refractivity contribution in [1.82, 2.24) is 10.2 Å². The predicted octanol–water partition coefficient (Wildman–Crippen LogP) is 4.34. The summed E-state index contributed by atoms with van der Waals surface area (Å²) in [6.45, 7) is 4.09. The van der Waals surface area contributed by atoms with E-state index in [1.807, 2.05) is 55.5 Å². The molecule has 0 aliphatic carbocycles. The number of nitrogens with zero attached hydrogens (tertiary/aromatic N) is 2. The summed E-state index contributed by atoms with van der Waals surface area (Å²) in [4.78, 5) is 12.0. The van der Waals surface area contributed by atoms with Crippen LogP contribution >= 0.6 is 11.8 Å². The second-order valence-corrected chi connectivity index (χ2v) is 6.56. The van der Waals surface area contributed by atoms with Crippen LogP contribution in [0.2, 0.25) is 0 Å². The van der Waals surface area contributed by atoms with E-state index in [0.29, 0.717) is 11.1 Å². The molecular formula is C19H19N3O2S. The summed E-state index contributed by atoms with van der Waals surface area (Å²) >= 11 is 1.22. The molecule has 0 aliphatic heterocycles. The van der Waals surface area contributed by atoms with Crippen molar-refractivity contribution >= 4 is 23.4 Å². The molecule has 1 N–H and O–H groups in total. The number of rotatable bonds is 6. The molecule has 3 rings (SSSR count). The maximum Gasteiger partial charge on any atom is 0.277 e. The summed E-state index contributed by atoms with van der Waals surface area (Å²) in [7, 11) is 0. The fourth-order valence-electron chi connectivity index (χ4n) is 2.31. The number of carbonyl (C=O) groups excluding carboxylic acids is 1. The van der Waals surface area contributed by atoms with E-state index in [9.17, 15) is 4.79 Å². The Kier molecular flexibility index (Phi) is 5.50. The Bertz CT molecular complexity index is 859. The maximum atomic E-state index is 12.0. The van der Waals surface area contributed by atoms with Gasteiger partial charge in [-0.25, -0.2) is 0 Å². The number of benzene rings is 2. The lowest BCUT2D eigenvalue weighted by Crippen LogP contribution is -2.13. The Morgan fingerprint density at radius 1 is 1.16 bits per heavy atom. The van der Waals surface area contributed by atoms with Gasteiger partial charge in [0.05, 0.1) is 5.75 Å². The molecule has 0 unspecified atom stereocenters. The maximum absolute atomic E-state index is 12.0. The predicted molar refractivity (Wildman–Crippen MR) is 99.6 cm³/mol. The first-order chi connectivity index (χ1) is 12.1.